The lowest BCUT2D eigenvalue weighted by molar-refractivity contribution is 0.432. The summed E-state index contributed by atoms with van der Waals surface area (Å²) in [4.78, 5) is 18.2. The van der Waals surface area contributed by atoms with Crippen molar-refractivity contribution in [2.75, 3.05) is 22.1 Å². The Balaban J connectivity index is 0.000000159. The molecule has 0 atom stereocenters. The van der Waals surface area contributed by atoms with E-state index in [2.05, 4.69) is 97.3 Å². The molecule has 16 nitrogen and oxygen atoms in total. The van der Waals surface area contributed by atoms with Gasteiger partial charge in [-0.25, -0.2) is 36.8 Å². The number of H-pyrrole nitrogens is 2. The molecular weight excluding hydrogens is 884 g/mol. The normalized spacial score (nSPS) is 13.2. The van der Waals surface area contributed by atoms with Crippen LogP contribution in [0, 0.1) is 0 Å². The van der Waals surface area contributed by atoms with Crippen LogP contribution in [0.15, 0.2) is 134 Å². The first-order valence-electron chi connectivity index (χ1n) is 20.7. The minimum Gasteiger partial charge on any atom is -0.340 e. The van der Waals surface area contributed by atoms with Gasteiger partial charge in [0.1, 0.15) is 11.6 Å². The molecule has 5 N–H and O–H groups in total. The molecule has 332 valence electrons. The molecule has 0 amide bonds. The minimum absolute atomic E-state index is 0.00849. The second-order valence-electron chi connectivity index (χ2n) is 15.0. The first-order chi connectivity index (χ1) is 31.4. The van der Waals surface area contributed by atoms with Gasteiger partial charge in [0.2, 0.25) is 19.1 Å². The molecule has 0 spiro atoms. The average Bonchev–Trinajstić information content (AvgIpc) is 4.18. The second kappa shape index (κ2) is 19.9. The number of hydrogen-bond donors (Lipinski definition) is 5. The third kappa shape index (κ3) is 11.5. The van der Waals surface area contributed by atoms with Crippen molar-refractivity contribution in [1.82, 2.24) is 50.0 Å². The number of rotatable bonds is 11. The number of fused-ring (bicyclic) bond motifs is 2. The fourth-order valence-electron chi connectivity index (χ4n) is 7.06. The lowest BCUT2D eigenvalue weighted by atomic mass is 10.1. The number of benzene rings is 4. The summed E-state index contributed by atoms with van der Waals surface area (Å²) in [6.45, 7) is 5.81. The van der Waals surface area contributed by atoms with Gasteiger partial charge >= 0.3 is 0 Å². The lowest BCUT2D eigenvalue weighted by Gasteiger charge is -2.13. The Labute approximate surface area is 381 Å². The van der Waals surface area contributed by atoms with Crippen LogP contribution in [-0.2, 0) is 45.3 Å². The topological polar surface area (TPSA) is 217 Å². The fraction of sp³-hybridized carbons (Fsp3) is 0.174. The lowest BCUT2D eigenvalue weighted by Crippen LogP contribution is -2.26. The smallest absolute Gasteiger partial charge is 0.232 e. The highest BCUT2D eigenvalue weighted by Gasteiger charge is 2.28. The molecule has 2 aliphatic rings. The van der Waals surface area contributed by atoms with E-state index in [0.717, 1.165) is 80.6 Å². The van der Waals surface area contributed by atoms with E-state index >= 15 is 0 Å². The highest BCUT2D eigenvalue weighted by Crippen LogP contribution is 2.30. The predicted molar refractivity (Wildman–Crippen MR) is 254 cm³/mol. The average molecular weight is 930 g/mol. The van der Waals surface area contributed by atoms with Gasteiger partial charge in [0.25, 0.3) is 0 Å². The van der Waals surface area contributed by atoms with Gasteiger partial charge in [0.15, 0.2) is 11.6 Å². The van der Waals surface area contributed by atoms with Crippen LogP contribution in [0.2, 0.25) is 0 Å². The highest BCUT2D eigenvalue weighted by molar-refractivity contribution is 8.13. The summed E-state index contributed by atoms with van der Waals surface area (Å²) in [6.07, 6.45) is 10.8. The van der Waals surface area contributed by atoms with Crippen molar-refractivity contribution in [1.29, 1.82) is 0 Å². The van der Waals surface area contributed by atoms with E-state index in [-0.39, 0.29) is 11.5 Å². The monoisotopic (exact) mass is 928 g/mol. The molecule has 4 aromatic carbocycles. The molecule has 0 aliphatic carbocycles. The number of hydrogen-bond acceptors (Lipinski definition) is 13. The van der Waals surface area contributed by atoms with E-state index in [0.29, 0.717) is 24.7 Å². The number of anilines is 4. The third-order valence-electron chi connectivity index (χ3n) is 10.6. The van der Waals surface area contributed by atoms with Gasteiger partial charge in [-0.05, 0) is 88.8 Å². The quantitative estimate of drug-likeness (QED) is 0.0771. The summed E-state index contributed by atoms with van der Waals surface area (Å²) in [5.41, 5.74) is 12.8. The van der Waals surface area contributed by atoms with Gasteiger partial charge in [0.05, 0.1) is 23.9 Å². The zero-order chi connectivity index (χ0) is 45.4. The maximum atomic E-state index is 12.2. The summed E-state index contributed by atoms with van der Waals surface area (Å²) in [5, 5.41) is 23.6. The van der Waals surface area contributed by atoms with Crippen LogP contribution in [0.1, 0.15) is 36.1 Å². The van der Waals surface area contributed by atoms with E-state index in [1.807, 2.05) is 85.3 Å². The van der Waals surface area contributed by atoms with Crippen molar-refractivity contribution in [2.24, 2.45) is 0 Å². The summed E-state index contributed by atoms with van der Waals surface area (Å²) < 4.78 is 45.5. The van der Waals surface area contributed by atoms with Crippen LogP contribution < -0.4 is 16.0 Å². The molecule has 0 fully saturated rings. The van der Waals surface area contributed by atoms with Gasteiger partial charge in [-0.1, -0.05) is 55.5 Å². The van der Waals surface area contributed by atoms with E-state index in [1.165, 1.54) is 22.4 Å². The number of nitrogens with one attached hydrogen (secondary N) is 5. The van der Waals surface area contributed by atoms with Crippen LogP contribution in [-0.4, -0.2) is 73.0 Å². The van der Waals surface area contributed by atoms with Crippen LogP contribution >= 0.6 is 10.7 Å². The van der Waals surface area contributed by atoms with E-state index in [4.69, 9.17) is 0 Å². The fourth-order valence-corrected chi connectivity index (χ4v) is 8.09. The number of halogens is 1. The maximum absolute atomic E-state index is 12.2. The maximum Gasteiger partial charge on any atom is 0.232 e. The van der Waals surface area contributed by atoms with Gasteiger partial charge in [-0.2, -0.15) is 14.5 Å². The first-order valence-corrected chi connectivity index (χ1v) is 24.8. The number of aromatic nitrogens is 8. The molecule has 0 unspecified atom stereocenters. The Morgan fingerprint density at radius 2 is 1.03 bits per heavy atom. The zero-order valence-corrected chi connectivity index (χ0v) is 37.8. The number of aromatic amines is 2. The number of nitrogens with zero attached hydrogens (tertiary/aromatic N) is 7. The molecule has 65 heavy (non-hydrogen) atoms. The summed E-state index contributed by atoms with van der Waals surface area (Å²) >= 11 is 0. The van der Waals surface area contributed by atoms with E-state index in [1.54, 1.807) is 25.5 Å². The molecule has 0 radical (unpaired) electrons. The first kappa shape index (κ1) is 44.8. The Hall–Kier alpha value is -6.83. The molecule has 4 aromatic heterocycles. The Morgan fingerprint density at radius 1 is 0.569 bits per heavy atom. The van der Waals surface area contributed by atoms with Crippen molar-refractivity contribution in [3.8, 4) is 45.0 Å². The van der Waals surface area contributed by atoms with Crippen molar-refractivity contribution in [3.05, 3.63) is 156 Å². The second-order valence-corrected chi connectivity index (χ2v) is 20.3. The van der Waals surface area contributed by atoms with Gasteiger partial charge in [0, 0.05) is 95.3 Å². The summed E-state index contributed by atoms with van der Waals surface area (Å²) in [7, 11) is -1.72. The zero-order valence-electron chi connectivity index (χ0n) is 35.4. The Bertz CT molecular complexity index is 3100. The molecule has 6 heterocycles. The highest BCUT2D eigenvalue weighted by atomic mass is 35.7. The predicted octanol–water partition coefficient (Wildman–Crippen LogP) is 8.40. The third-order valence-corrected chi connectivity index (χ3v) is 13.8. The van der Waals surface area contributed by atoms with Gasteiger partial charge in [-0.15, -0.1) is 0 Å². The van der Waals surface area contributed by atoms with Crippen molar-refractivity contribution in [2.45, 2.75) is 40.0 Å². The SMILES string of the molecule is CCS(=O)(=O)Cl.CCS(=O)(=O)N1Cc2ccc(-c3nccc(Nc4ccc(-c5cn[nH]c5)cc4)n3)cc2C1.c1cc(Nc2ccc(-c3cn[nH]c3)cc2)nc(-c2ccc3c(c2)CNC3)n1. The van der Waals surface area contributed by atoms with Crippen molar-refractivity contribution < 1.29 is 16.8 Å². The molecule has 2 aliphatic heterocycles. The molecule has 0 saturated carbocycles. The number of sulfonamides is 1. The van der Waals surface area contributed by atoms with E-state index < -0.39 is 19.1 Å². The molecule has 8 aromatic rings. The largest absolute Gasteiger partial charge is 0.340 e. The van der Waals surface area contributed by atoms with Crippen molar-refractivity contribution >= 4 is 52.8 Å². The van der Waals surface area contributed by atoms with Gasteiger partial charge in [-0.3, -0.25) is 10.2 Å². The van der Waals surface area contributed by atoms with Crippen molar-refractivity contribution in [3.63, 3.8) is 0 Å². The summed E-state index contributed by atoms with van der Waals surface area (Å²) in [6, 6.07) is 32.2. The van der Waals surface area contributed by atoms with Crippen LogP contribution in [0.3, 0.4) is 0 Å². The van der Waals surface area contributed by atoms with Gasteiger partial charge < -0.3 is 16.0 Å². The van der Waals surface area contributed by atoms with E-state index in [9.17, 15) is 16.8 Å². The van der Waals surface area contributed by atoms with Crippen LogP contribution in [0.25, 0.3) is 45.0 Å². The standard InChI is InChI=1S/C23H22N6O2S.C21H18N6.C2H5ClO2S/c1-2-32(30,31)29-14-18-4-3-17(11-19(18)15-29)23-24-10-9-22(28-23)27-21-7-5-16(6-8-21)20-12-25-26-13-20;1-2-16-10-22-11-17(16)9-15(1)21-23-8-7-20(27-21)26-19-5-3-14(4-6-19)18-12-24-25-13-18;1-2-6(3,4)5/h3-13H,2,14-15H2,1H3,(H,25,26)(H,24,27,28);1-9,12-13,22H,10-11H2,(H,24,25)(H,23,26,27);2H2,1H3. The Morgan fingerprint density at radius 3 is 1.51 bits per heavy atom. The molecule has 0 saturated heterocycles. The summed E-state index contributed by atoms with van der Waals surface area (Å²) in [5.74, 6) is 2.88. The molecule has 19 heteroatoms. The van der Waals surface area contributed by atoms with Crippen LogP contribution in [0.4, 0.5) is 23.0 Å². The Kier molecular flexibility index (Phi) is 13.7. The molecule has 10 rings (SSSR count). The molecular formula is C46H45ClN12O4S2. The minimum atomic E-state index is -3.22. The van der Waals surface area contributed by atoms with Crippen LogP contribution in [0.5, 0.6) is 0 Å². The molecule has 0 bridgehead atoms.